The second kappa shape index (κ2) is 8.41. The first kappa shape index (κ1) is 21.4. The van der Waals surface area contributed by atoms with Crippen LogP contribution < -0.4 is 14.9 Å². The molecule has 1 N–H and O–H groups in total. The number of ether oxygens (including phenoxy) is 2. The van der Waals surface area contributed by atoms with E-state index in [0.717, 1.165) is 18.3 Å². The summed E-state index contributed by atoms with van der Waals surface area (Å²) in [5.41, 5.74) is -0.599. The maximum absolute atomic E-state index is 12.7. The van der Waals surface area contributed by atoms with E-state index in [9.17, 15) is 33.4 Å². The third-order valence-electron chi connectivity index (χ3n) is 3.64. The number of halogens is 3. The number of hydrazone groups is 1. The lowest BCUT2D eigenvalue weighted by Crippen LogP contribution is -2.07. The quantitative estimate of drug-likeness (QED) is 0.412. The van der Waals surface area contributed by atoms with E-state index in [0.29, 0.717) is 12.1 Å². The molecule has 2 aromatic rings. The fourth-order valence-corrected chi connectivity index (χ4v) is 2.27. The normalized spacial score (nSPS) is 11.3. The lowest BCUT2D eigenvalue weighted by molar-refractivity contribution is -0.385. The first-order valence-corrected chi connectivity index (χ1v) is 7.63. The number of nitro groups is 2. The maximum Gasteiger partial charge on any atom is 0.416 e. The summed E-state index contributed by atoms with van der Waals surface area (Å²) in [6.45, 7) is 0. The van der Waals surface area contributed by atoms with Crippen molar-refractivity contribution in [3.05, 3.63) is 61.7 Å². The minimum atomic E-state index is -4.76. The Morgan fingerprint density at radius 2 is 1.59 bits per heavy atom. The van der Waals surface area contributed by atoms with Crippen molar-refractivity contribution in [2.75, 3.05) is 19.6 Å². The van der Waals surface area contributed by atoms with E-state index in [1.54, 1.807) is 0 Å². The van der Waals surface area contributed by atoms with Crippen LogP contribution in [0.25, 0.3) is 0 Å². The van der Waals surface area contributed by atoms with Gasteiger partial charge in [-0.15, -0.1) is 0 Å². The van der Waals surface area contributed by atoms with Gasteiger partial charge in [0.05, 0.1) is 47.5 Å². The molecule has 13 heteroatoms. The Morgan fingerprint density at radius 1 is 1.00 bits per heavy atom. The Labute approximate surface area is 160 Å². The highest BCUT2D eigenvalue weighted by atomic mass is 19.4. The molecular weight excluding hydrogens is 401 g/mol. The lowest BCUT2D eigenvalue weighted by atomic mass is 10.1. The van der Waals surface area contributed by atoms with E-state index >= 15 is 0 Å². The fraction of sp³-hybridized carbons (Fsp3) is 0.188. The summed E-state index contributed by atoms with van der Waals surface area (Å²) in [6.07, 6.45) is -3.78. The number of alkyl halides is 3. The number of nitro benzene ring substituents is 2. The second-order valence-corrected chi connectivity index (χ2v) is 5.38. The van der Waals surface area contributed by atoms with Gasteiger partial charge in [0, 0.05) is 6.07 Å². The summed E-state index contributed by atoms with van der Waals surface area (Å²) >= 11 is 0. The van der Waals surface area contributed by atoms with Crippen LogP contribution in [-0.2, 0) is 6.18 Å². The van der Waals surface area contributed by atoms with Gasteiger partial charge in [-0.25, -0.2) is 0 Å². The standard InChI is InChI=1S/C16H13F3N4O6/c1-28-14-5-9(12(22(24)25)7-15(14)29-2)8-20-21-11-4-3-10(16(17,18)19)6-13(11)23(26)27/h3-8,21H,1-2H3/b20-8-. The van der Waals surface area contributed by atoms with Gasteiger partial charge in [0.25, 0.3) is 11.4 Å². The van der Waals surface area contributed by atoms with Gasteiger partial charge in [-0.05, 0) is 18.2 Å². The summed E-state index contributed by atoms with van der Waals surface area (Å²) in [5.74, 6) is 0.266. The molecule has 2 rings (SSSR count). The second-order valence-electron chi connectivity index (χ2n) is 5.38. The van der Waals surface area contributed by atoms with Crippen molar-refractivity contribution >= 4 is 23.3 Å². The topological polar surface area (TPSA) is 129 Å². The molecule has 0 fully saturated rings. The number of hydrogen-bond acceptors (Lipinski definition) is 8. The van der Waals surface area contributed by atoms with E-state index < -0.39 is 33.0 Å². The molecule has 0 bridgehead atoms. The Kier molecular flexibility index (Phi) is 6.21. The van der Waals surface area contributed by atoms with Crippen LogP contribution in [0.5, 0.6) is 11.5 Å². The molecule has 0 atom stereocenters. The van der Waals surface area contributed by atoms with Crippen LogP contribution in [-0.4, -0.2) is 30.3 Å². The van der Waals surface area contributed by atoms with E-state index in [2.05, 4.69) is 10.5 Å². The number of nitrogens with zero attached hydrogens (tertiary/aromatic N) is 3. The Balaban J connectivity index is 2.39. The molecule has 0 aliphatic heterocycles. The summed E-state index contributed by atoms with van der Waals surface area (Å²) < 4.78 is 48.2. The molecule has 0 aliphatic rings. The van der Waals surface area contributed by atoms with Crippen LogP contribution in [0.1, 0.15) is 11.1 Å². The summed E-state index contributed by atoms with van der Waals surface area (Å²) in [4.78, 5) is 20.6. The van der Waals surface area contributed by atoms with Gasteiger partial charge in [0.15, 0.2) is 11.5 Å². The molecule has 29 heavy (non-hydrogen) atoms. The first-order valence-electron chi connectivity index (χ1n) is 7.63. The van der Waals surface area contributed by atoms with Crippen molar-refractivity contribution in [1.29, 1.82) is 0 Å². The molecular formula is C16H13F3N4O6. The van der Waals surface area contributed by atoms with Gasteiger partial charge in [0.1, 0.15) is 5.69 Å². The minimum Gasteiger partial charge on any atom is -0.493 e. The molecule has 0 amide bonds. The van der Waals surface area contributed by atoms with Crippen LogP contribution in [0.3, 0.4) is 0 Å². The minimum absolute atomic E-state index is 0.0327. The zero-order valence-electron chi connectivity index (χ0n) is 14.9. The van der Waals surface area contributed by atoms with E-state index in [1.165, 1.54) is 20.3 Å². The predicted octanol–water partition coefficient (Wildman–Crippen LogP) is 3.99. The molecule has 0 spiro atoms. The van der Waals surface area contributed by atoms with Crippen LogP contribution in [0.4, 0.5) is 30.2 Å². The summed E-state index contributed by atoms with van der Waals surface area (Å²) in [5, 5.41) is 25.9. The van der Waals surface area contributed by atoms with Gasteiger partial charge >= 0.3 is 6.18 Å². The SMILES string of the molecule is COc1cc(/C=N\Nc2ccc(C(F)(F)F)cc2[N+](=O)[O-])c([N+](=O)[O-])cc1OC. The van der Waals surface area contributed by atoms with E-state index in [-0.39, 0.29) is 22.7 Å². The van der Waals surface area contributed by atoms with Crippen LogP contribution in [0, 0.1) is 20.2 Å². The zero-order chi connectivity index (χ0) is 21.8. The molecule has 0 saturated heterocycles. The maximum atomic E-state index is 12.7. The molecule has 154 valence electrons. The van der Waals surface area contributed by atoms with Crippen molar-refractivity contribution in [3.63, 3.8) is 0 Å². The smallest absolute Gasteiger partial charge is 0.416 e. The Morgan fingerprint density at radius 3 is 2.10 bits per heavy atom. The molecule has 0 unspecified atom stereocenters. The lowest BCUT2D eigenvalue weighted by Gasteiger charge is -2.09. The fourth-order valence-electron chi connectivity index (χ4n) is 2.27. The Hall–Kier alpha value is -3.90. The van der Waals surface area contributed by atoms with Crippen molar-refractivity contribution in [3.8, 4) is 11.5 Å². The Bertz CT molecular complexity index is 978. The number of methoxy groups -OCH3 is 2. The third kappa shape index (κ3) is 4.88. The van der Waals surface area contributed by atoms with Crippen molar-refractivity contribution in [2.45, 2.75) is 6.18 Å². The number of rotatable bonds is 7. The third-order valence-corrected chi connectivity index (χ3v) is 3.64. The first-order chi connectivity index (χ1) is 13.6. The molecule has 0 saturated carbocycles. The van der Waals surface area contributed by atoms with E-state index in [4.69, 9.17) is 9.47 Å². The molecule has 10 nitrogen and oxygen atoms in total. The number of nitrogens with one attached hydrogen (secondary N) is 1. The van der Waals surface area contributed by atoms with Crippen molar-refractivity contribution in [2.24, 2.45) is 5.10 Å². The average Bonchev–Trinajstić information content (AvgIpc) is 2.66. The number of anilines is 1. The summed E-state index contributed by atoms with van der Waals surface area (Å²) in [6, 6.07) is 4.19. The average molecular weight is 414 g/mol. The monoisotopic (exact) mass is 414 g/mol. The van der Waals surface area contributed by atoms with Gasteiger partial charge < -0.3 is 9.47 Å². The predicted molar refractivity (Wildman–Crippen MR) is 95.5 cm³/mol. The van der Waals surface area contributed by atoms with Gasteiger partial charge in [0.2, 0.25) is 0 Å². The molecule has 0 aromatic heterocycles. The molecule has 0 radical (unpaired) electrons. The van der Waals surface area contributed by atoms with Gasteiger partial charge in [-0.1, -0.05) is 0 Å². The highest BCUT2D eigenvalue weighted by molar-refractivity contribution is 5.87. The van der Waals surface area contributed by atoms with Gasteiger partial charge in [-0.3, -0.25) is 25.7 Å². The molecule has 0 heterocycles. The summed E-state index contributed by atoms with van der Waals surface area (Å²) in [7, 11) is 2.61. The van der Waals surface area contributed by atoms with Crippen molar-refractivity contribution in [1.82, 2.24) is 0 Å². The van der Waals surface area contributed by atoms with Crippen molar-refractivity contribution < 1.29 is 32.5 Å². The van der Waals surface area contributed by atoms with Gasteiger partial charge in [-0.2, -0.15) is 18.3 Å². The molecule has 2 aromatic carbocycles. The van der Waals surface area contributed by atoms with E-state index in [1.807, 2.05) is 0 Å². The number of benzene rings is 2. The highest BCUT2D eigenvalue weighted by Gasteiger charge is 2.33. The largest absolute Gasteiger partial charge is 0.493 e. The zero-order valence-corrected chi connectivity index (χ0v) is 14.9. The van der Waals surface area contributed by atoms with Crippen LogP contribution >= 0.6 is 0 Å². The van der Waals surface area contributed by atoms with Crippen LogP contribution in [0.2, 0.25) is 0 Å². The number of hydrogen-bond donors (Lipinski definition) is 1. The van der Waals surface area contributed by atoms with Crippen LogP contribution in [0.15, 0.2) is 35.4 Å². The highest BCUT2D eigenvalue weighted by Crippen LogP contribution is 2.36. The molecule has 0 aliphatic carbocycles.